The molecule has 4 heteroatoms. The van der Waals surface area contributed by atoms with Crippen LogP contribution in [0.4, 0.5) is 5.69 Å². The fourth-order valence-electron chi connectivity index (χ4n) is 3.23. The van der Waals surface area contributed by atoms with Gasteiger partial charge in [-0.3, -0.25) is 4.79 Å². The molecule has 1 aliphatic carbocycles. The predicted octanol–water partition coefficient (Wildman–Crippen LogP) is 4.04. The van der Waals surface area contributed by atoms with E-state index in [9.17, 15) is 4.79 Å². The Morgan fingerprint density at radius 1 is 1.33 bits per heavy atom. The van der Waals surface area contributed by atoms with E-state index in [1.807, 2.05) is 24.3 Å². The van der Waals surface area contributed by atoms with Crippen molar-refractivity contribution in [1.82, 2.24) is 5.32 Å². The molecule has 0 aliphatic heterocycles. The molecule has 21 heavy (non-hydrogen) atoms. The first-order chi connectivity index (χ1) is 10.2. The number of nitrogen functional groups attached to an aromatic ring is 1. The van der Waals surface area contributed by atoms with E-state index in [1.165, 1.54) is 37.0 Å². The summed E-state index contributed by atoms with van der Waals surface area (Å²) in [4.78, 5) is 13.1. The Kier molecular flexibility index (Phi) is 4.15. The van der Waals surface area contributed by atoms with E-state index >= 15 is 0 Å². The number of anilines is 1. The third kappa shape index (κ3) is 2.91. The summed E-state index contributed by atoms with van der Waals surface area (Å²) in [5.74, 6) is 1.29. The van der Waals surface area contributed by atoms with E-state index in [2.05, 4.69) is 12.2 Å². The molecule has 3 rings (SSSR count). The highest BCUT2D eigenvalue weighted by Crippen LogP contribution is 2.33. The number of benzene rings is 1. The van der Waals surface area contributed by atoms with Gasteiger partial charge in [-0.2, -0.15) is 0 Å². The minimum absolute atomic E-state index is 0.0218. The molecule has 2 aromatic rings. The standard InChI is InChI=1S/C17H22N2OS/c1-11-6-2-3-7-12(11)10-19-17(20)16-15(18)13-8-4-5-9-14(13)21-16/h4-5,8-9,11-12H,2-3,6-7,10,18H2,1H3,(H,19,20). The monoisotopic (exact) mass is 302 g/mol. The largest absolute Gasteiger partial charge is 0.397 e. The highest BCUT2D eigenvalue weighted by Gasteiger charge is 2.23. The molecule has 112 valence electrons. The lowest BCUT2D eigenvalue weighted by atomic mass is 9.80. The van der Waals surface area contributed by atoms with Crippen LogP contribution >= 0.6 is 11.3 Å². The SMILES string of the molecule is CC1CCCCC1CNC(=O)c1sc2ccccc2c1N. The van der Waals surface area contributed by atoms with Crippen LogP contribution in [0.5, 0.6) is 0 Å². The van der Waals surface area contributed by atoms with Gasteiger partial charge in [0.15, 0.2) is 0 Å². The Labute approximate surface area is 129 Å². The third-order valence-electron chi connectivity index (χ3n) is 4.65. The number of fused-ring (bicyclic) bond motifs is 1. The van der Waals surface area contributed by atoms with Gasteiger partial charge in [0, 0.05) is 16.6 Å². The molecule has 1 amide bonds. The Balaban J connectivity index is 1.70. The van der Waals surface area contributed by atoms with Crippen LogP contribution in [0.1, 0.15) is 42.3 Å². The summed E-state index contributed by atoms with van der Waals surface area (Å²) in [6.07, 6.45) is 5.12. The highest BCUT2D eigenvalue weighted by molar-refractivity contribution is 7.21. The van der Waals surface area contributed by atoms with Crippen LogP contribution in [-0.4, -0.2) is 12.5 Å². The van der Waals surface area contributed by atoms with Crippen LogP contribution in [0, 0.1) is 11.8 Å². The molecule has 0 radical (unpaired) electrons. The number of amides is 1. The van der Waals surface area contributed by atoms with Crippen LogP contribution < -0.4 is 11.1 Å². The second-order valence-corrected chi connectivity index (χ2v) is 7.13. The van der Waals surface area contributed by atoms with Crippen molar-refractivity contribution in [3.63, 3.8) is 0 Å². The zero-order valence-corrected chi connectivity index (χ0v) is 13.2. The third-order valence-corrected chi connectivity index (χ3v) is 5.84. The lowest BCUT2D eigenvalue weighted by Crippen LogP contribution is -2.33. The zero-order valence-electron chi connectivity index (χ0n) is 12.4. The minimum atomic E-state index is -0.0218. The molecular formula is C17H22N2OS. The quantitative estimate of drug-likeness (QED) is 0.899. The highest BCUT2D eigenvalue weighted by atomic mass is 32.1. The maximum absolute atomic E-state index is 12.4. The summed E-state index contributed by atoms with van der Waals surface area (Å²) in [6.45, 7) is 3.07. The predicted molar refractivity (Wildman–Crippen MR) is 89.7 cm³/mol. The van der Waals surface area contributed by atoms with Crippen molar-refractivity contribution in [2.24, 2.45) is 11.8 Å². The molecule has 2 unspecified atom stereocenters. The molecule has 1 aromatic carbocycles. The van der Waals surface area contributed by atoms with Gasteiger partial charge in [-0.15, -0.1) is 11.3 Å². The zero-order chi connectivity index (χ0) is 14.8. The van der Waals surface area contributed by atoms with Gasteiger partial charge in [-0.05, 0) is 24.3 Å². The van der Waals surface area contributed by atoms with E-state index in [4.69, 9.17) is 5.73 Å². The van der Waals surface area contributed by atoms with Crippen LogP contribution in [-0.2, 0) is 0 Å². The fourth-order valence-corrected chi connectivity index (χ4v) is 4.27. The van der Waals surface area contributed by atoms with Crippen molar-refractivity contribution in [2.45, 2.75) is 32.6 Å². The van der Waals surface area contributed by atoms with E-state index in [0.717, 1.165) is 16.6 Å². The van der Waals surface area contributed by atoms with Gasteiger partial charge in [-0.1, -0.05) is 44.4 Å². The van der Waals surface area contributed by atoms with Gasteiger partial charge in [0.2, 0.25) is 0 Å². The maximum Gasteiger partial charge on any atom is 0.263 e. The molecule has 3 N–H and O–H groups in total. The van der Waals surface area contributed by atoms with Crippen molar-refractivity contribution < 1.29 is 4.79 Å². The van der Waals surface area contributed by atoms with Crippen molar-refractivity contribution in [3.8, 4) is 0 Å². The van der Waals surface area contributed by atoms with Crippen LogP contribution in [0.3, 0.4) is 0 Å². The molecule has 2 atom stereocenters. The molecule has 1 saturated carbocycles. The number of carbonyl (C=O) groups excluding carboxylic acids is 1. The lowest BCUT2D eigenvalue weighted by Gasteiger charge is -2.28. The molecule has 0 bridgehead atoms. The first-order valence-electron chi connectivity index (χ1n) is 7.72. The lowest BCUT2D eigenvalue weighted by molar-refractivity contribution is 0.0941. The minimum Gasteiger partial charge on any atom is -0.397 e. The number of hydrogen-bond donors (Lipinski definition) is 2. The molecular weight excluding hydrogens is 280 g/mol. The van der Waals surface area contributed by atoms with Gasteiger partial charge < -0.3 is 11.1 Å². The molecule has 1 fully saturated rings. The van der Waals surface area contributed by atoms with Gasteiger partial charge >= 0.3 is 0 Å². The molecule has 1 heterocycles. The van der Waals surface area contributed by atoms with Gasteiger partial charge in [-0.25, -0.2) is 0 Å². The topological polar surface area (TPSA) is 55.1 Å². The van der Waals surface area contributed by atoms with E-state index in [0.29, 0.717) is 22.4 Å². The van der Waals surface area contributed by atoms with Gasteiger partial charge in [0.05, 0.1) is 5.69 Å². The number of hydrogen-bond acceptors (Lipinski definition) is 3. The van der Waals surface area contributed by atoms with Crippen molar-refractivity contribution in [3.05, 3.63) is 29.1 Å². The number of rotatable bonds is 3. The Morgan fingerprint density at radius 3 is 2.86 bits per heavy atom. The van der Waals surface area contributed by atoms with Gasteiger partial charge in [0.25, 0.3) is 5.91 Å². The average molecular weight is 302 g/mol. The molecule has 0 spiro atoms. The summed E-state index contributed by atoms with van der Waals surface area (Å²) in [7, 11) is 0. The van der Waals surface area contributed by atoms with E-state index in [-0.39, 0.29) is 5.91 Å². The number of nitrogens with two attached hydrogens (primary N) is 1. The summed E-state index contributed by atoms with van der Waals surface area (Å²) in [5, 5.41) is 4.08. The number of thiophene rings is 1. The van der Waals surface area contributed by atoms with Crippen LogP contribution in [0.2, 0.25) is 0 Å². The normalized spacial score (nSPS) is 22.3. The first-order valence-corrected chi connectivity index (χ1v) is 8.53. The van der Waals surface area contributed by atoms with Crippen molar-refractivity contribution in [1.29, 1.82) is 0 Å². The summed E-state index contributed by atoms with van der Waals surface area (Å²) < 4.78 is 1.08. The molecule has 1 aromatic heterocycles. The van der Waals surface area contributed by atoms with Crippen molar-refractivity contribution >= 4 is 33.0 Å². The maximum atomic E-state index is 12.4. The Hall–Kier alpha value is -1.55. The van der Waals surface area contributed by atoms with Crippen LogP contribution in [0.25, 0.3) is 10.1 Å². The fraction of sp³-hybridized carbons (Fsp3) is 0.471. The smallest absolute Gasteiger partial charge is 0.263 e. The van der Waals surface area contributed by atoms with E-state index in [1.54, 1.807) is 0 Å². The molecule has 0 saturated heterocycles. The second kappa shape index (κ2) is 6.06. The number of carbonyl (C=O) groups is 1. The molecule has 1 aliphatic rings. The first kappa shape index (κ1) is 14.4. The summed E-state index contributed by atoms with van der Waals surface area (Å²) in [5.41, 5.74) is 6.74. The Morgan fingerprint density at radius 2 is 2.10 bits per heavy atom. The number of nitrogens with one attached hydrogen (secondary N) is 1. The second-order valence-electron chi connectivity index (χ2n) is 6.07. The van der Waals surface area contributed by atoms with E-state index < -0.39 is 0 Å². The molecule has 3 nitrogen and oxygen atoms in total. The summed E-state index contributed by atoms with van der Waals surface area (Å²) >= 11 is 1.48. The van der Waals surface area contributed by atoms with Crippen LogP contribution in [0.15, 0.2) is 24.3 Å². The summed E-state index contributed by atoms with van der Waals surface area (Å²) in [6, 6.07) is 7.91. The van der Waals surface area contributed by atoms with Gasteiger partial charge in [0.1, 0.15) is 4.88 Å². The average Bonchev–Trinajstić information content (AvgIpc) is 2.84. The Bertz CT molecular complexity index is 649. The van der Waals surface area contributed by atoms with Crippen molar-refractivity contribution in [2.75, 3.05) is 12.3 Å².